The summed E-state index contributed by atoms with van der Waals surface area (Å²) in [5, 5.41) is 7.34. The lowest BCUT2D eigenvalue weighted by Crippen LogP contribution is -2.00. The molecular formula is C38H34N4OS. The van der Waals surface area contributed by atoms with Gasteiger partial charge in [-0.1, -0.05) is 24.3 Å². The first kappa shape index (κ1) is 28.0. The number of ether oxygens (including phenoxy) is 1. The number of nitrogens with zero attached hydrogens (tertiary/aromatic N) is 4. The lowest BCUT2D eigenvalue weighted by atomic mass is 9.94. The third-order valence-electron chi connectivity index (χ3n) is 8.36. The van der Waals surface area contributed by atoms with Crippen LogP contribution in [0.25, 0.3) is 44.4 Å². The topological polar surface area (TPSA) is 44.9 Å². The van der Waals surface area contributed by atoms with Crippen LogP contribution in [0.1, 0.15) is 28.1 Å². The maximum atomic E-state index is 6.51. The van der Waals surface area contributed by atoms with E-state index in [-0.39, 0.29) is 0 Å². The molecule has 0 bridgehead atoms. The molecule has 7 rings (SSSR count). The molecule has 0 spiro atoms. The number of benzene rings is 4. The van der Waals surface area contributed by atoms with Gasteiger partial charge in [-0.05, 0) is 118 Å². The second-order valence-electron chi connectivity index (χ2n) is 11.4. The highest BCUT2D eigenvalue weighted by atomic mass is 32.2. The van der Waals surface area contributed by atoms with Crippen molar-refractivity contribution in [1.82, 2.24) is 19.3 Å². The van der Waals surface area contributed by atoms with Crippen molar-refractivity contribution in [3.63, 3.8) is 0 Å². The predicted octanol–water partition coefficient (Wildman–Crippen LogP) is 10.1. The number of pyridine rings is 1. The van der Waals surface area contributed by atoms with E-state index in [1.54, 1.807) is 11.8 Å². The smallest absolute Gasteiger partial charge is 0.137 e. The van der Waals surface area contributed by atoms with Crippen molar-refractivity contribution in [2.75, 3.05) is 6.26 Å². The Balaban J connectivity index is 1.28. The van der Waals surface area contributed by atoms with Gasteiger partial charge in [0.25, 0.3) is 0 Å². The van der Waals surface area contributed by atoms with Crippen LogP contribution in [0.4, 0.5) is 0 Å². The average Bonchev–Trinajstić information content (AvgIpc) is 3.50. The minimum atomic E-state index is 0.754. The number of rotatable bonds is 6. The van der Waals surface area contributed by atoms with Crippen LogP contribution in [-0.4, -0.2) is 25.6 Å². The molecule has 0 aliphatic rings. The first-order chi connectivity index (χ1) is 21.3. The normalized spacial score (nSPS) is 11.5. The molecule has 0 aliphatic heterocycles. The predicted molar refractivity (Wildman–Crippen MR) is 183 cm³/mol. The number of aryl methyl sites for hydroxylation is 4. The standard InChI is InChI=1S/C38H34N4OS/c1-23-16-17-39-36(18-23)41-34-13-8-7-12-32(34)33-15-14-30(22-35(33)41)43-29-11-9-10-28(21-29)42-27(5)38(26(4)40-42)37-24(2)19-31(44-6)20-25(37)3/h7-22H,1-6H3. The summed E-state index contributed by atoms with van der Waals surface area (Å²) in [5.74, 6) is 2.41. The van der Waals surface area contributed by atoms with E-state index in [1.165, 1.54) is 38.1 Å². The van der Waals surface area contributed by atoms with E-state index in [4.69, 9.17) is 14.8 Å². The van der Waals surface area contributed by atoms with Crippen molar-refractivity contribution in [3.05, 3.63) is 125 Å². The van der Waals surface area contributed by atoms with Gasteiger partial charge in [0, 0.05) is 45.3 Å². The number of fused-ring (bicyclic) bond motifs is 3. The van der Waals surface area contributed by atoms with Crippen LogP contribution < -0.4 is 4.74 Å². The molecule has 0 saturated carbocycles. The van der Waals surface area contributed by atoms with Crippen LogP contribution in [0.3, 0.4) is 0 Å². The quantitative estimate of drug-likeness (QED) is 0.180. The van der Waals surface area contributed by atoms with Crippen molar-refractivity contribution in [1.29, 1.82) is 0 Å². The van der Waals surface area contributed by atoms with Crippen LogP contribution in [0, 0.1) is 34.6 Å². The molecule has 44 heavy (non-hydrogen) atoms. The molecule has 0 radical (unpaired) electrons. The Morgan fingerprint density at radius 3 is 2.20 bits per heavy atom. The zero-order valence-electron chi connectivity index (χ0n) is 25.8. The Bertz CT molecular complexity index is 2180. The minimum Gasteiger partial charge on any atom is -0.457 e. The van der Waals surface area contributed by atoms with Gasteiger partial charge in [0.2, 0.25) is 0 Å². The van der Waals surface area contributed by atoms with E-state index in [1.807, 2.05) is 35.1 Å². The molecule has 5 nitrogen and oxygen atoms in total. The van der Waals surface area contributed by atoms with Gasteiger partial charge >= 0.3 is 0 Å². The van der Waals surface area contributed by atoms with Gasteiger partial charge in [-0.2, -0.15) is 5.10 Å². The van der Waals surface area contributed by atoms with Crippen LogP contribution in [0.5, 0.6) is 11.5 Å². The van der Waals surface area contributed by atoms with Gasteiger partial charge in [0.05, 0.1) is 22.4 Å². The summed E-state index contributed by atoms with van der Waals surface area (Å²) in [5.41, 5.74) is 11.4. The maximum absolute atomic E-state index is 6.51. The van der Waals surface area contributed by atoms with Gasteiger partial charge in [0.1, 0.15) is 17.3 Å². The summed E-state index contributed by atoms with van der Waals surface area (Å²) in [4.78, 5) is 5.99. The van der Waals surface area contributed by atoms with Crippen LogP contribution in [-0.2, 0) is 0 Å². The molecule has 218 valence electrons. The fourth-order valence-corrected chi connectivity index (χ4v) is 7.00. The molecule has 4 aromatic carbocycles. The Labute approximate surface area is 262 Å². The highest BCUT2D eigenvalue weighted by molar-refractivity contribution is 7.98. The highest BCUT2D eigenvalue weighted by Crippen LogP contribution is 2.38. The molecule has 7 aromatic rings. The van der Waals surface area contributed by atoms with E-state index in [2.05, 4.69) is 112 Å². The molecule has 3 heterocycles. The molecule has 6 heteroatoms. The Morgan fingerprint density at radius 2 is 1.43 bits per heavy atom. The van der Waals surface area contributed by atoms with Gasteiger partial charge in [0.15, 0.2) is 0 Å². The van der Waals surface area contributed by atoms with E-state index >= 15 is 0 Å². The molecule has 0 aliphatic carbocycles. The van der Waals surface area contributed by atoms with Crippen molar-refractivity contribution >= 4 is 33.6 Å². The van der Waals surface area contributed by atoms with E-state index in [9.17, 15) is 0 Å². The molecule has 0 amide bonds. The maximum Gasteiger partial charge on any atom is 0.137 e. The third-order valence-corrected chi connectivity index (χ3v) is 9.06. The summed E-state index contributed by atoms with van der Waals surface area (Å²) < 4.78 is 10.8. The van der Waals surface area contributed by atoms with Crippen LogP contribution >= 0.6 is 11.8 Å². The van der Waals surface area contributed by atoms with Crippen LogP contribution in [0.2, 0.25) is 0 Å². The zero-order valence-corrected chi connectivity index (χ0v) is 26.7. The number of para-hydroxylation sites is 1. The summed E-state index contributed by atoms with van der Waals surface area (Å²) in [6.45, 7) is 10.7. The molecule has 0 fully saturated rings. The second-order valence-corrected chi connectivity index (χ2v) is 12.3. The number of thioether (sulfide) groups is 1. The first-order valence-electron chi connectivity index (χ1n) is 14.8. The lowest BCUT2D eigenvalue weighted by molar-refractivity contribution is 0.483. The molecule has 0 atom stereocenters. The lowest BCUT2D eigenvalue weighted by Gasteiger charge is -2.13. The summed E-state index contributed by atoms with van der Waals surface area (Å²) in [7, 11) is 0. The summed E-state index contributed by atoms with van der Waals surface area (Å²) >= 11 is 1.78. The van der Waals surface area contributed by atoms with E-state index in [0.29, 0.717) is 0 Å². The van der Waals surface area contributed by atoms with E-state index < -0.39 is 0 Å². The monoisotopic (exact) mass is 594 g/mol. The molecular weight excluding hydrogens is 561 g/mol. The van der Waals surface area contributed by atoms with Gasteiger partial charge in [-0.25, -0.2) is 9.67 Å². The third kappa shape index (κ3) is 4.76. The summed E-state index contributed by atoms with van der Waals surface area (Å²) in [6, 6.07) is 31.6. The Kier molecular flexibility index (Phi) is 7.02. The largest absolute Gasteiger partial charge is 0.457 e. The zero-order chi connectivity index (χ0) is 30.5. The molecule has 0 N–H and O–H groups in total. The van der Waals surface area contributed by atoms with Crippen molar-refractivity contribution in [2.24, 2.45) is 0 Å². The van der Waals surface area contributed by atoms with Gasteiger partial charge in [-0.3, -0.25) is 4.57 Å². The van der Waals surface area contributed by atoms with Crippen LogP contribution in [0.15, 0.2) is 102 Å². The molecule has 3 aromatic heterocycles. The Hall–Kier alpha value is -4.81. The fraction of sp³-hybridized carbons (Fsp3) is 0.158. The van der Waals surface area contributed by atoms with Crippen molar-refractivity contribution in [3.8, 4) is 34.1 Å². The number of hydrogen-bond donors (Lipinski definition) is 0. The summed E-state index contributed by atoms with van der Waals surface area (Å²) in [6.07, 6.45) is 3.99. The van der Waals surface area contributed by atoms with Crippen molar-refractivity contribution in [2.45, 2.75) is 39.5 Å². The second kappa shape index (κ2) is 11.0. The average molecular weight is 595 g/mol. The highest BCUT2D eigenvalue weighted by Gasteiger charge is 2.19. The fourth-order valence-electron chi connectivity index (χ4n) is 6.41. The number of hydrogen-bond acceptors (Lipinski definition) is 4. The van der Waals surface area contributed by atoms with Gasteiger partial charge < -0.3 is 4.74 Å². The molecule has 0 unspecified atom stereocenters. The SMILES string of the molecule is CSc1cc(C)c(-c2c(C)nn(-c3cccc(Oc4ccc5c6ccccc6n(-c6cc(C)ccn6)c5c4)c3)c2C)c(C)c1. The van der Waals surface area contributed by atoms with Gasteiger partial charge in [-0.15, -0.1) is 11.8 Å². The minimum absolute atomic E-state index is 0.754. The van der Waals surface area contributed by atoms with Crippen molar-refractivity contribution < 1.29 is 4.74 Å². The Morgan fingerprint density at radius 1 is 0.682 bits per heavy atom. The molecule has 0 saturated heterocycles. The van der Waals surface area contributed by atoms with E-state index in [0.717, 1.165) is 50.8 Å². The first-order valence-corrected chi connectivity index (χ1v) is 16.0. The number of aromatic nitrogens is 4.